The lowest BCUT2D eigenvalue weighted by Crippen LogP contribution is -2.33. The first-order chi connectivity index (χ1) is 14.5. The Morgan fingerprint density at radius 2 is 1.80 bits per heavy atom. The van der Waals surface area contributed by atoms with Gasteiger partial charge in [0.05, 0.1) is 21.8 Å². The number of carbonyl (C=O) groups excluding carboxylic acids is 2. The van der Waals surface area contributed by atoms with Gasteiger partial charge in [0.2, 0.25) is 0 Å². The smallest absolute Gasteiger partial charge is 0.331 e. The van der Waals surface area contributed by atoms with E-state index < -0.39 is 21.8 Å². The standard InChI is InChI=1S/C22H15N3O4S/c1-13-6-2-4-8-17(13)29-18-9-5-3-7-15(18)25-16-10-11-23-20-19(16)14(24-21(25)26)12-30(20)22(27)28/h2-12H,1H3,(H-,24,26,27,28). The summed E-state index contributed by atoms with van der Waals surface area (Å²) in [6.45, 7) is 1.94. The van der Waals surface area contributed by atoms with E-state index in [0.29, 0.717) is 38.8 Å². The van der Waals surface area contributed by atoms with Gasteiger partial charge in [0.15, 0.2) is 11.1 Å². The number of hydrogen-bond acceptors (Lipinski definition) is 5. The zero-order valence-corrected chi connectivity index (χ0v) is 16.6. The summed E-state index contributed by atoms with van der Waals surface area (Å²) in [5.74, 6) is 1.18. The molecule has 0 spiro atoms. The maximum Gasteiger partial charge on any atom is 0.331 e. The van der Waals surface area contributed by atoms with Gasteiger partial charge in [-0.05, 0) is 36.8 Å². The molecular weight excluding hydrogens is 402 g/mol. The van der Waals surface area contributed by atoms with Crippen LogP contribution in [0.3, 0.4) is 0 Å². The van der Waals surface area contributed by atoms with Gasteiger partial charge in [0.25, 0.3) is 4.83 Å². The van der Waals surface area contributed by atoms with Crippen LogP contribution in [-0.2, 0) is 0 Å². The van der Waals surface area contributed by atoms with E-state index >= 15 is 0 Å². The van der Waals surface area contributed by atoms with Crippen molar-refractivity contribution >= 4 is 49.1 Å². The Labute approximate surface area is 174 Å². The molecule has 0 bridgehead atoms. The summed E-state index contributed by atoms with van der Waals surface area (Å²) < 4.78 is 6.13. The van der Waals surface area contributed by atoms with Gasteiger partial charge in [-0.2, -0.15) is 0 Å². The third kappa shape index (κ3) is 2.77. The van der Waals surface area contributed by atoms with Crippen molar-refractivity contribution < 1.29 is 19.4 Å². The normalized spacial score (nSPS) is 13.3. The average molecular weight is 417 g/mol. The third-order valence-electron chi connectivity index (χ3n) is 4.89. The lowest BCUT2D eigenvalue weighted by atomic mass is 10.1. The lowest BCUT2D eigenvalue weighted by molar-refractivity contribution is -0.233. The predicted molar refractivity (Wildman–Crippen MR) is 114 cm³/mol. The number of benzene rings is 2. The Balaban J connectivity index is 1.68. The number of rotatable bonds is 4. The Bertz CT molecular complexity index is 1330. The molecule has 1 atom stereocenters. The second-order valence-corrected chi connectivity index (χ2v) is 8.36. The van der Waals surface area contributed by atoms with E-state index in [-0.39, 0.29) is 0 Å². The second-order valence-electron chi connectivity index (χ2n) is 6.73. The molecule has 7 nitrogen and oxygen atoms in total. The van der Waals surface area contributed by atoms with E-state index in [1.54, 1.807) is 18.2 Å². The number of hydrogen-bond donors (Lipinski definition) is 1. The number of nitrogens with zero attached hydrogens (tertiary/aromatic N) is 2. The van der Waals surface area contributed by atoms with E-state index in [0.717, 1.165) is 5.56 Å². The molecule has 1 unspecified atom stereocenters. The zero-order valence-electron chi connectivity index (χ0n) is 15.8. The van der Waals surface area contributed by atoms with Crippen molar-refractivity contribution in [3.05, 3.63) is 71.7 Å². The first-order valence-electron chi connectivity index (χ1n) is 9.13. The number of amides is 2. The summed E-state index contributed by atoms with van der Waals surface area (Å²) in [6.07, 6.45) is 1.50. The SMILES string of the molecule is Cc1ccccc1Oc1ccccc1N1C(=O)Nc2c[s+](C(=O)[O-])c3nccc1c23. The molecule has 1 N–H and O–H groups in total. The Morgan fingerprint density at radius 1 is 1.07 bits per heavy atom. The topological polar surface area (TPSA) is 94.6 Å². The fraction of sp³-hybridized carbons (Fsp3) is 0.0455. The number of pyridine rings is 1. The molecule has 8 heteroatoms. The van der Waals surface area contributed by atoms with E-state index in [1.807, 2.05) is 43.3 Å². The van der Waals surface area contributed by atoms with Crippen molar-refractivity contribution in [2.24, 2.45) is 0 Å². The average Bonchev–Trinajstić information content (AvgIpc) is 3.11. The van der Waals surface area contributed by atoms with Gasteiger partial charge in [-0.3, -0.25) is 4.90 Å². The molecule has 4 aromatic rings. The maximum atomic E-state index is 13.0. The van der Waals surface area contributed by atoms with Crippen LogP contribution >= 0.6 is 10.5 Å². The highest BCUT2D eigenvalue weighted by Crippen LogP contribution is 2.48. The van der Waals surface area contributed by atoms with Crippen molar-refractivity contribution in [1.29, 1.82) is 0 Å². The minimum atomic E-state index is -1.32. The number of urea groups is 1. The minimum absolute atomic E-state index is 0.379. The summed E-state index contributed by atoms with van der Waals surface area (Å²) in [6, 6.07) is 16.1. The quantitative estimate of drug-likeness (QED) is 0.474. The van der Waals surface area contributed by atoms with E-state index in [9.17, 15) is 14.7 Å². The van der Waals surface area contributed by atoms with Crippen molar-refractivity contribution in [3.8, 4) is 11.5 Å². The lowest BCUT2D eigenvalue weighted by Gasteiger charge is -2.28. The van der Waals surface area contributed by atoms with Crippen LogP contribution in [0.1, 0.15) is 5.56 Å². The number of carboxylic acid groups (broad SMARTS) is 1. The van der Waals surface area contributed by atoms with Crippen LogP contribution < -0.4 is 20.1 Å². The van der Waals surface area contributed by atoms with Gasteiger partial charge in [-0.1, -0.05) is 30.3 Å². The Morgan fingerprint density at radius 3 is 2.57 bits per heavy atom. The molecule has 0 fully saturated rings. The number of ether oxygens (including phenoxy) is 1. The monoisotopic (exact) mass is 417 g/mol. The molecule has 1 aliphatic heterocycles. The molecule has 3 heterocycles. The van der Waals surface area contributed by atoms with Crippen LogP contribution in [0.4, 0.5) is 26.7 Å². The van der Waals surface area contributed by atoms with Crippen LogP contribution in [0, 0.1) is 6.92 Å². The summed E-state index contributed by atoms with van der Waals surface area (Å²) in [7, 11) is -1.32. The Kier molecular flexibility index (Phi) is 4.14. The second kappa shape index (κ2) is 6.85. The summed E-state index contributed by atoms with van der Waals surface area (Å²) in [4.78, 5) is 30.7. The van der Waals surface area contributed by atoms with Crippen LogP contribution in [0.25, 0.3) is 10.2 Å². The number of carbonyl (C=O) groups is 2. The molecule has 2 aromatic carbocycles. The number of aryl methyl sites for hydroxylation is 1. The highest BCUT2D eigenvalue weighted by molar-refractivity contribution is 7.54. The first kappa shape index (κ1) is 18.1. The van der Waals surface area contributed by atoms with Gasteiger partial charge in [-0.15, -0.1) is 0 Å². The summed E-state index contributed by atoms with van der Waals surface area (Å²) in [5.41, 5.74) is 2.49. The van der Waals surface area contributed by atoms with E-state index in [4.69, 9.17) is 4.74 Å². The van der Waals surface area contributed by atoms with Crippen molar-refractivity contribution in [1.82, 2.24) is 4.98 Å². The van der Waals surface area contributed by atoms with Crippen molar-refractivity contribution in [2.75, 3.05) is 10.2 Å². The minimum Gasteiger partial charge on any atom is -0.500 e. The van der Waals surface area contributed by atoms with E-state index in [2.05, 4.69) is 10.3 Å². The predicted octanol–water partition coefficient (Wildman–Crippen LogP) is 4.96. The largest absolute Gasteiger partial charge is 0.500 e. The molecule has 0 radical (unpaired) electrons. The molecule has 0 aliphatic carbocycles. The highest BCUT2D eigenvalue weighted by Gasteiger charge is 2.35. The number of aromatic nitrogens is 1. The molecule has 1 aliphatic rings. The molecule has 0 saturated heterocycles. The Hall–Kier alpha value is -3.91. The van der Waals surface area contributed by atoms with Crippen LogP contribution in [0.15, 0.2) is 66.2 Å². The number of para-hydroxylation sites is 3. The first-order valence-corrected chi connectivity index (χ1v) is 10.4. The molecule has 2 amide bonds. The van der Waals surface area contributed by atoms with E-state index in [1.165, 1.54) is 16.5 Å². The van der Waals surface area contributed by atoms with Crippen LogP contribution in [-0.4, -0.2) is 16.3 Å². The van der Waals surface area contributed by atoms with Crippen LogP contribution in [0.2, 0.25) is 0 Å². The molecule has 2 aromatic heterocycles. The van der Waals surface area contributed by atoms with Gasteiger partial charge < -0.3 is 20.0 Å². The van der Waals surface area contributed by atoms with Gasteiger partial charge in [-0.25, -0.2) is 9.78 Å². The molecule has 148 valence electrons. The van der Waals surface area contributed by atoms with Crippen LogP contribution in [0.5, 0.6) is 11.5 Å². The van der Waals surface area contributed by atoms with Gasteiger partial charge in [0.1, 0.15) is 16.8 Å². The highest BCUT2D eigenvalue weighted by atomic mass is 32.2. The molecule has 0 saturated carbocycles. The fourth-order valence-electron chi connectivity index (χ4n) is 3.53. The van der Waals surface area contributed by atoms with Gasteiger partial charge in [0, 0.05) is 6.20 Å². The zero-order chi connectivity index (χ0) is 20.8. The number of anilines is 3. The maximum absolute atomic E-state index is 13.0. The molecule has 5 rings (SSSR count). The van der Waals surface area contributed by atoms with Crippen molar-refractivity contribution in [3.63, 3.8) is 0 Å². The molecule has 30 heavy (non-hydrogen) atoms. The van der Waals surface area contributed by atoms with Crippen molar-refractivity contribution in [2.45, 2.75) is 6.92 Å². The van der Waals surface area contributed by atoms with Gasteiger partial charge >= 0.3 is 11.3 Å². The molecular formula is C22H15N3O4S. The summed E-state index contributed by atoms with van der Waals surface area (Å²) >= 11 is 0. The number of thiophene rings is 1. The third-order valence-corrected chi connectivity index (χ3v) is 6.45. The number of nitrogens with one attached hydrogen (secondary N) is 1. The fourth-order valence-corrected chi connectivity index (χ4v) is 4.92. The summed E-state index contributed by atoms with van der Waals surface area (Å²) in [5, 5.41) is 15.2.